The third-order valence-electron chi connectivity index (χ3n) is 4.97. The molecule has 1 aromatic heterocycles. The van der Waals surface area contributed by atoms with E-state index >= 15 is 0 Å². The molecule has 2 aromatic carbocycles. The van der Waals surface area contributed by atoms with E-state index in [1.807, 2.05) is 0 Å². The number of fused-ring (bicyclic) bond motifs is 1. The molecule has 34 heavy (non-hydrogen) atoms. The number of hydrogen-bond acceptors (Lipinski definition) is 5. The fourth-order valence-corrected chi connectivity index (χ4v) is 4.66. The Labute approximate surface area is 195 Å². The third-order valence-corrected chi connectivity index (χ3v) is 5.98. The first-order valence-electron chi connectivity index (χ1n) is 9.84. The number of benzene rings is 2. The van der Waals surface area contributed by atoms with Gasteiger partial charge in [-0.25, -0.2) is 9.59 Å². The highest BCUT2D eigenvalue weighted by atomic mass is 32.2. The van der Waals surface area contributed by atoms with Crippen LogP contribution in [0.1, 0.15) is 0 Å². The zero-order valence-corrected chi connectivity index (χ0v) is 18.2. The molecule has 4 N–H and O–H groups in total. The Morgan fingerprint density at radius 1 is 1.09 bits per heavy atom. The van der Waals surface area contributed by atoms with Crippen LogP contribution >= 0.6 is 11.8 Å². The number of alkyl halides is 3. The van der Waals surface area contributed by atoms with E-state index in [-0.39, 0.29) is 11.6 Å². The average Bonchev–Trinajstić information content (AvgIpc) is 3.38. The van der Waals surface area contributed by atoms with Crippen LogP contribution in [0.2, 0.25) is 0 Å². The minimum absolute atomic E-state index is 0.0912. The number of ether oxygens (including phenoxy) is 1. The van der Waals surface area contributed by atoms with Crippen molar-refractivity contribution in [3.8, 4) is 5.75 Å². The van der Waals surface area contributed by atoms with Crippen LogP contribution in [0.5, 0.6) is 5.75 Å². The van der Waals surface area contributed by atoms with Crippen molar-refractivity contribution in [1.82, 2.24) is 9.47 Å². The van der Waals surface area contributed by atoms with Gasteiger partial charge in [0, 0.05) is 29.1 Å². The van der Waals surface area contributed by atoms with Crippen LogP contribution < -0.4 is 21.1 Å². The summed E-state index contributed by atoms with van der Waals surface area (Å²) >= 11 is 1.34. The maximum Gasteiger partial charge on any atom is 0.573 e. The predicted octanol–water partition coefficient (Wildman–Crippen LogP) is 4.01. The van der Waals surface area contributed by atoms with Crippen LogP contribution in [0.3, 0.4) is 0 Å². The van der Waals surface area contributed by atoms with E-state index in [2.05, 4.69) is 15.4 Å². The van der Waals surface area contributed by atoms with E-state index in [4.69, 9.17) is 5.73 Å². The van der Waals surface area contributed by atoms with Gasteiger partial charge in [0.1, 0.15) is 11.8 Å². The highest BCUT2D eigenvalue weighted by molar-refractivity contribution is 7.99. The second-order valence-corrected chi connectivity index (χ2v) is 8.25. The molecule has 1 aliphatic heterocycles. The molecular weight excluding hydrogens is 475 g/mol. The van der Waals surface area contributed by atoms with Gasteiger partial charge in [-0.1, -0.05) is 24.3 Å². The lowest BCUT2D eigenvalue weighted by Gasteiger charge is -2.23. The first-order chi connectivity index (χ1) is 16.1. The monoisotopic (exact) mass is 493 g/mol. The number of carbonyl (C=O) groups is 3. The lowest BCUT2D eigenvalue weighted by atomic mass is 10.2. The lowest BCUT2D eigenvalue weighted by molar-refractivity contribution is -0.274. The maximum absolute atomic E-state index is 13.0. The topological polar surface area (TPSA) is 119 Å². The van der Waals surface area contributed by atoms with Crippen LogP contribution in [-0.4, -0.2) is 51.5 Å². The smallest absolute Gasteiger partial charge is 0.406 e. The molecular formula is C21H18F3N5O4S. The van der Waals surface area contributed by atoms with Gasteiger partial charge in [-0.2, -0.15) is 0 Å². The molecule has 0 aliphatic carbocycles. The normalized spacial score (nSPS) is 15.9. The second kappa shape index (κ2) is 9.17. The molecule has 0 unspecified atom stereocenters. The molecule has 0 saturated carbocycles. The Balaban J connectivity index is 1.48. The highest BCUT2D eigenvalue weighted by Crippen LogP contribution is 2.29. The van der Waals surface area contributed by atoms with Crippen LogP contribution in [0.4, 0.5) is 34.1 Å². The summed E-state index contributed by atoms with van der Waals surface area (Å²) in [6.07, 6.45) is -3.47. The molecule has 2 heterocycles. The van der Waals surface area contributed by atoms with E-state index in [1.165, 1.54) is 39.6 Å². The van der Waals surface area contributed by atoms with Crippen molar-refractivity contribution in [2.24, 2.45) is 5.73 Å². The molecule has 4 rings (SSSR count). The summed E-state index contributed by atoms with van der Waals surface area (Å²) in [7, 11) is 0. The molecule has 1 aliphatic rings. The van der Waals surface area contributed by atoms with Crippen molar-refractivity contribution >= 4 is 52.0 Å². The summed E-state index contributed by atoms with van der Waals surface area (Å²) in [5.41, 5.74) is 6.34. The van der Waals surface area contributed by atoms with Gasteiger partial charge >= 0.3 is 18.4 Å². The van der Waals surface area contributed by atoms with Crippen molar-refractivity contribution < 1.29 is 32.3 Å². The number of carbonyl (C=O) groups excluding carboxylic acids is 3. The first kappa shape index (κ1) is 23.3. The molecule has 13 heteroatoms. The van der Waals surface area contributed by atoms with Gasteiger partial charge in [-0.15, -0.1) is 24.9 Å². The standard InChI is InChI=1S/C21H18F3N5O4S/c22-21(23,24)33-13-5-3-4-12(8-13)26-18(30)17-10-34-11-29(17)20(32)27-15-9-28(19(25)31)16-7-2-1-6-14(15)16/h1-9,17H,10-11H2,(H2,25,31)(H,26,30)(H,27,32)/t17-/m0/s1. The van der Waals surface area contributed by atoms with Crippen molar-refractivity contribution in [3.63, 3.8) is 0 Å². The number of thioether (sulfide) groups is 1. The van der Waals surface area contributed by atoms with Gasteiger partial charge in [0.2, 0.25) is 5.91 Å². The van der Waals surface area contributed by atoms with Crippen LogP contribution in [0, 0.1) is 0 Å². The van der Waals surface area contributed by atoms with Gasteiger partial charge in [-0.05, 0) is 18.2 Å². The van der Waals surface area contributed by atoms with Gasteiger partial charge in [-0.3, -0.25) is 9.36 Å². The van der Waals surface area contributed by atoms with Gasteiger partial charge < -0.3 is 26.0 Å². The van der Waals surface area contributed by atoms with Crippen molar-refractivity contribution in [1.29, 1.82) is 0 Å². The highest BCUT2D eigenvalue weighted by Gasteiger charge is 2.35. The zero-order chi connectivity index (χ0) is 24.5. The number of nitrogens with one attached hydrogen (secondary N) is 2. The minimum Gasteiger partial charge on any atom is -0.406 e. The Kier molecular flexibility index (Phi) is 6.28. The number of halogens is 3. The maximum atomic E-state index is 13.0. The van der Waals surface area contributed by atoms with E-state index in [1.54, 1.807) is 24.3 Å². The predicted molar refractivity (Wildman–Crippen MR) is 121 cm³/mol. The number of aromatic nitrogens is 1. The minimum atomic E-state index is -4.86. The van der Waals surface area contributed by atoms with E-state index < -0.39 is 36.1 Å². The van der Waals surface area contributed by atoms with Crippen molar-refractivity contribution in [2.75, 3.05) is 22.3 Å². The van der Waals surface area contributed by atoms with E-state index in [0.29, 0.717) is 22.3 Å². The van der Waals surface area contributed by atoms with Gasteiger partial charge in [0.15, 0.2) is 0 Å². The summed E-state index contributed by atoms with van der Waals surface area (Å²) in [6.45, 7) is 0. The Hall–Kier alpha value is -3.87. The number of amides is 4. The molecule has 9 nitrogen and oxygen atoms in total. The SMILES string of the molecule is NC(=O)n1cc(NC(=O)N2CSC[C@H]2C(=O)Nc2cccc(OC(F)(F)F)c2)c2ccccc21. The first-order valence-corrected chi connectivity index (χ1v) is 11.0. The summed E-state index contributed by atoms with van der Waals surface area (Å²) in [5.74, 6) is -0.535. The third kappa shape index (κ3) is 5.03. The van der Waals surface area contributed by atoms with E-state index in [9.17, 15) is 27.6 Å². The van der Waals surface area contributed by atoms with Gasteiger partial charge in [0.25, 0.3) is 0 Å². The molecule has 0 radical (unpaired) electrons. The summed E-state index contributed by atoms with van der Waals surface area (Å²) in [6, 6.07) is 9.54. The van der Waals surface area contributed by atoms with Crippen LogP contribution in [0.25, 0.3) is 10.9 Å². The molecule has 1 atom stereocenters. The average molecular weight is 493 g/mol. The number of hydrogen-bond donors (Lipinski definition) is 3. The molecule has 0 spiro atoms. The molecule has 0 bridgehead atoms. The van der Waals surface area contributed by atoms with Crippen LogP contribution in [0.15, 0.2) is 54.7 Å². The molecule has 178 valence electrons. The second-order valence-electron chi connectivity index (χ2n) is 7.25. The van der Waals surface area contributed by atoms with Gasteiger partial charge in [0.05, 0.1) is 17.1 Å². The Morgan fingerprint density at radius 3 is 2.59 bits per heavy atom. The summed E-state index contributed by atoms with van der Waals surface area (Å²) in [5, 5.41) is 5.81. The zero-order valence-electron chi connectivity index (χ0n) is 17.3. The van der Waals surface area contributed by atoms with Crippen molar-refractivity contribution in [2.45, 2.75) is 12.4 Å². The molecule has 3 aromatic rings. The fraction of sp³-hybridized carbons (Fsp3) is 0.190. The lowest BCUT2D eigenvalue weighted by Crippen LogP contribution is -2.46. The number of urea groups is 1. The van der Waals surface area contributed by atoms with Crippen molar-refractivity contribution in [3.05, 3.63) is 54.7 Å². The Bertz CT molecular complexity index is 1260. The summed E-state index contributed by atoms with van der Waals surface area (Å²) in [4.78, 5) is 38.8. The number of nitrogens with zero attached hydrogens (tertiary/aromatic N) is 2. The fourth-order valence-electron chi connectivity index (χ4n) is 3.51. The van der Waals surface area contributed by atoms with Crippen LogP contribution in [-0.2, 0) is 4.79 Å². The number of primary amides is 1. The van der Waals surface area contributed by atoms with E-state index in [0.717, 1.165) is 12.1 Å². The number of nitrogens with two attached hydrogens (primary N) is 1. The summed E-state index contributed by atoms with van der Waals surface area (Å²) < 4.78 is 42.4. The number of rotatable bonds is 4. The largest absolute Gasteiger partial charge is 0.573 e. The number of anilines is 2. The molecule has 4 amide bonds. The molecule has 1 fully saturated rings. The number of para-hydroxylation sites is 1. The quantitative estimate of drug-likeness (QED) is 0.508. The molecule has 1 saturated heterocycles. The Morgan fingerprint density at radius 2 is 1.85 bits per heavy atom.